The number of rotatable bonds is 4. The predicted octanol–water partition coefficient (Wildman–Crippen LogP) is 4.84. The maximum atomic E-state index is 6.39. The largest absolute Gasteiger partial charge is 0.490 e. The number of nitrogens with one attached hydrogen (secondary N) is 1. The number of hydrogen-bond donors (Lipinski definition) is 1. The first-order valence-corrected chi connectivity index (χ1v) is 8.35. The standard InChI is InChI=1S/C19H31NO/c1-14-9-11-17(12-10-14)21-18-15(2)7-6-8-16(18)13-20-19(3,4)5/h6-8,14,17,20H,9-13H2,1-5H3. The van der Waals surface area contributed by atoms with Crippen molar-refractivity contribution in [1.82, 2.24) is 5.32 Å². The van der Waals surface area contributed by atoms with Gasteiger partial charge in [-0.1, -0.05) is 25.1 Å². The van der Waals surface area contributed by atoms with Gasteiger partial charge in [0.05, 0.1) is 6.10 Å². The lowest BCUT2D eigenvalue weighted by molar-refractivity contribution is 0.133. The maximum Gasteiger partial charge on any atom is 0.127 e. The lowest BCUT2D eigenvalue weighted by atomic mass is 9.89. The summed E-state index contributed by atoms with van der Waals surface area (Å²) in [7, 11) is 0. The smallest absolute Gasteiger partial charge is 0.127 e. The Labute approximate surface area is 130 Å². The second kappa shape index (κ2) is 6.83. The summed E-state index contributed by atoms with van der Waals surface area (Å²) in [5.74, 6) is 1.97. The summed E-state index contributed by atoms with van der Waals surface area (Å²) in [5, 5.41) is 3.57. The van der Waals surface area contributed by atoms with E-state index in [-0.39, 0.29) is 5.54 Å². The molecule has 1 saturated carbocycles. The predicted molar refractivity (Wildman–Crippen MR) is 89.8 cm³/mol. The molecule has 0 heterocycles. The Hall–Kier alpha value is -1.02. The fourth-order valence-electron chi connectivity index (χ4n) is 2.90. The molecule has 0 bridgehead atoms. The van der Waals surface area contributed by atoms with E-state index >= 15 is 0 Å². The third kappa shape index (κ3) is 5.03. The summed E-state index contributed by atoms with van der Waals surface area (Å²) in [5.41, 5.74) is 2.66. The molecule has 1 aliphatic carbocycles. The molecule has 0 radical (unpaired) electrons. The first-order chi connectivity index (χ1) is 9.85. The van der Waals surface area contributed by atoms with Crippen LogP contribution in [0.4, 0.5) is 0 Å². The summed E-state index contributed by atoms with van der Waals surface area (Å²) < 4.78 is 6.39. The Bertz CT molecular complexity index is 453. The van der Waals surface area contributed by atoms with E-state index in [1.807, 2.05) is 0 Å². The molecule has 1 aromatic carbocycles. The summed E-state index contributed by atoms with van der Waals surface area (Å²) in [6.07, 6.45) is 5.39. The van der Waals surface area contributed by atoms with Gasteiger partial charge in [-0.05, 0) is 64.9 Å². The number of ether oxygens (including phenoxy) is 1. The van der Waals surface area contributed by atoms with Crippen LogP contribution < -0.4 is 10.1 Å². The third-order valence-corrected chi connectivity index (χ3v) is 4.35. The molecule has 0 aliphatic heterocycles. The molecule has 2 nitrogen and oxygen atoms in total. The molecule has 2 rings (SSSR count). The van der Waals surface area contributed by atoms with Gasteiger partial charge in [0.15, 0.2) is 0 Å². The van der Waals surface area contributed by atoms with Crippen LogP contribution in [0.3, 0.4) is 0 Å². The normalized spacial score (nSPS) is 23.1. The summed E-state index contributed by atoms with van der Waals surface area (Å²) in [6, 6.07) is 6.47. The van der Waals surface area contributed by atoms with Gasteiger partial charge in [0.2, 0.25) is 0 Å². The van der Waals surface area contributed by atoms with Gasteiger partial charge in [-0.15, -0.1) is 0 Å². The van der Waals surface area contributed by atoms with E-state index in [1.165, 1.54) is 36.8 Å². The Morgan fingerprint density at radius 3 is 2.43 bits per heavy atom. The highest BCUT2D eigenvalue weighted by Gasteiger charge is 2.21. The molecular weight excluding hydrogens is 258 g/mol. The monoisotopic (exact) mass is 289 g/mol. The first-order valence-electron chi connectivity index (χ1n) is 8.35. The van der Waals surface area contributed by atoms with Gasteiger partial charge in [-0.3, -0.25) is 0 Å². The average Bonchev–Trinajstić information content (AvgIpc) is 2.41. The fraction of sp³-hybridized carbons (Fsp3) is 0.684. The van der Waals surface area contributed by atoms with E-state index < -0.39 is 0 Å². The minimum atomic E-state index is 0.126. The van der Waals surface area contributed by atoms with Crippen LogP contribution in [-0.2, 0) is 6.54 Å². The van der Waals surface area contributed by atoms with Crippen molar-refractivity contribution in [3.8, 4) is 5.75 Å². The Morgan fingerprint density at radius 1 is 1.14 bits per heavy atom. The van der Waals surface area contributed by atoms with Crippen LogP contribution in [0.5, 0.6) is 5.75 Å². The lowest BCUT2D eigenvalue weighted by Gasteiger charge is -2.29. The highest BCUT2D eigenvalue weighted by atomic mass is 16.5. The molecule has 0 saturated heterocycles. The SMILES string of the molecule is Cc1cccc(CNC(C)(C)C)c1OC1CCC(C)CC1. The number of para-hydroxylation sites is 1. The zero-order valence-corrected chi connectivity index (χ0v) is 14.3. The molecule has 0 atom stereocenters. The molecule has 118 valence electrons. The van der Waals surface area contributed by atoms with Crippen molar-refractivity contribution in [3.63, 3.8) is 0 Å². The topological polar surface area (TPSA) is 21.3 Å². The highest BCUT2D eigenvalue weighted by Crippen LogP contribution is 2.31. The zero-order chi connectivity index (χ0) is 15.5. The van der Waals surface area contributed by atoms with Crippen LogP contribution in [0.15, 0.2) is 18.2 Å². The summed E-state index contributed by atoms with van der Waals surface area (Å²) in [6.45, 7) is 12.0. The maximum absolute atomic E-state index is 6.39. The van der Waals surface area contributed by atoms with Gasteiger partial charge in [-0.2, -0.15) is 0 Å². The van der Waals surface area contributed by atoms with Crippen molar-refractivity contribution in [2.75, 3.05) is 0 Å². The molecule has 1 fully saturated rings. The van der Waals surface area contributed by atoms with Crippen molar-refractivity contribution in [1.29, 1.82) is 0 Å². The van der Waals surface area contributed by atoms with E-state index in [1.54, 1.807) is 0 Å². The van der Waals surface area contributed by atoms with E-state index in [2.05, 4.69) is 58.1 Å². The van der Waals surface area contributed by atoms with Gasteiger partial charge >= 0.3 is 0 Å². The van der Waals surface area contributed by atoms with Gasteiger partial charge < -0.3 is 10.1 Å². The number of aryl methyl sites for hydroxylation is 1. The van der Waals surface area contributed by atoms with E-state index in [0.29, 0.717) is 6.10 Å². The van der Waals surface area contributed by atoms with Gasteiger partial charge in [0, 0.05) is 17.6 Å². The number of benzene rings is 1. The lowest BCUT2D eigenvalue weighted by Crippen LogP contribution is -2.35. The second-order valence-electron chi connectivity index (χ2n) is 7.67. The third-order valence-electron chi connectivity index (χ3n) is 4.35. The van der Waals surface area contributed by atoms with E-state index in [4.69, 9.17) is 4.74 Å². The molecule has 1 N–H and O–H groups in total. The van der Waals surface area contributed by atoms with E-state index in [0.717, 1.165) is 18.2 Å². The second-order valence-corrected chi connectivity index (χ2v) is 7.67. The molecule has 0 aromatic heterocycles. The van der Waals surface area contributed by atoms with Crippen LogP contribution in [0.2, 0.25) is 0 Å². The number of hydrogen-bond acceptors (Lipinski definition) is 2. The van der Waals surface area contributed by atoms with Gasteiger partial charge in [0.25, 0.3) is 0 Å². The van der Waals surface area contributed by atoms with Crippen LogP contribution in [0.1, 0.15) is 64.5 Å². The summed E-state index contributed by atoms with van der Waals surface area (Å²) in [4.78, 5) is 0. The molecular formula is C19H31NO. The van der Waals surface area contributed by atoms with Gasteiger partial charge in [0.1, 0.15) is 5.75 Å². The highest BCUT2D eigenvalue weighted by molar-refractivity contribution is 5.41. The van der Waals surface area contributed by atoms with Crippen molar-refractivity contribution >= 4 is 0 Å². The van der Waals surface area contributed by atoms with Gasteiger partial charge in [-0.25, -0.2) is 0 Å². The Morgan fingerprint density at radius 2 is 1.81 bits per heavy atom. The molecule has 0 unspecified atom stereocenters. The van der Waals surface area contributed by atoms with Crippen LogP contribution in [0.25, 0.3) is 0 Å². The minimum Gasteiger partial charge on any atom is -0.490 e. The Balaban J connectivity index is 2.06. The minimum absolute atomic E-state index is 0.126. The first kappa shape index (κ1) is 16.4. The molecule has 21 heavy (non-hydrogen) atoms. The van der Waals surface area contributed by atoms with Crippen LogP contribution in [-0.4, -0.2) is 11.6 Å². The van der Waals surface area contributed by atoms with Crippen molar-refractivity contribution in [2.24, 2.45) is 5.92 Å². The van der Waals surface area contributed by atoms with E-state index in [9.17, 15) is 0 Å². The average molecular weight is 289 g/mol. The molecule has 0 amide bonds. The summed E-state index contributed by atoms with van der Waals surface area (Å²) >= 11 is 0. The Kier molecular flexibility index (Phi) is 5.32. The molecule has 1 aromatic rings. The van der Waals surface area contributed by atoms with Crippen LogP contribution >= 0.6 is 0 Å². The van der Waals surface area contributed by atoms with Crippen molar-refractivity contribution in [3.05, 3.63) is 29.3 Å². The molecule has 1 aliphatic rings. The van der Waals surface area contributed by atoms with Crippen molar-refractivity contribution in [2.45, 2.75) is 78.5 Å². The zero-order valence-electron chi connectivity index (χ0n) is 14.3. The molecule has 0 spiro atoms. The van der Waals surface area contributed by atoms with Crippen LogP contribution in [0, 0.1) is 12.8 Å². The quantitative estimate of drug-likeness (QED) is 0.856. The molecule has 2 heteroatoms. The van der Waals surface area contributed by atoms with Crippen molar-refractivity contribution < 1.29 is 4.74 Å². The fourth-order valence-corrected chi connectivity index (χ4v) is 2.90.